The molecule has 4 nitrogen and oxygen atoms in total. The lowest BCUT2D eigenvalue weighted by Crippen LogP contribution is -2.29. The highest BCUT2D eigenvalue weighted by molar-refractivity contribution is 9.10. The van der Waals surface area contributed by atoms with Gasteiger partial charge in [-0.15, -0.1) is 0 Å². The van der Waals surface area contributed by atoms with Gasteiger partial charge in [0.05, 0.1) is 22.5 Å². The standard InChI is InChI=1S/C12H20BrN3O/c1-3-16-11(12(13)9(2)14-16)8-15(6-7-17)10-4-5-10/h10,17H,3-8H2,1-2H3. The summed E-state index contributed by atoms with van der Waals surface area (Å²) in [5.41, 5.74) is 2.27. The molecule has 1 fully saturated rings. The SMILES string of the molecule is CCn1nc(C)c(Br)c1CN(CCO)C1CC1. The van der Waals surface area contributed by atoms with E-state index in [0.717, 1.165) is 29.8 Å². The minimum atomic E-state index is 0.230. The lowest BCUT2D eigenvalue weighted by molar-refractivity contribution is 0.179. The number of hydrogen-bond acceptors (Lipinski definition) is 3. The highest BCUT2D eigenvalue weighted by Gasteiger charge is 2.29. The molecule has 1 aliphatic carbocycles. The molecule has 0 atom stereocenters. The third kappa shape index (κ3) is 2.89. The number of aliphatic hydroxyl groups excluding tert-OH is 1. The van der Waals surface area contributed by atoms with Crippen molar-refractivity contribution < 1.29 is 5.11 Å². The lowest BCUT2D eigenvalue weighted by Gasteiger charge is -2.21. The van der Waals surface area contributed by atoms with Crippen molar-refractivity contribution in [2.75, 3.05) is 13.2 Å². The number of aromatic nitrogens is 2. The van der Waals surface area contributed by atoms with Crippen molar-refractivity contribution in [1.29, 1.82) is 0 Å². The molecule has 0 amide bonds. The molecule has 0 radical (unpaired) electrons. The number of aliphatic hydroxyl groups is 1. The molecule has 2 rings (SSSR count). The zero-order valence-electron chi connectivity index (χ0n) is 10.5. The van der Waals surface area contributed by atoms with E-state index in [0.29, 0.717) is 6.04 Å². The Balaban J connectivity index is 2.15. The van der Waals surface area contributed by atoms with Crippen LogP contribution in [0.2, 0.25) is 0 Å². The van der Waals surface area contributed by atoms with Crippen LogP contribution >= 0.6 is 15.9 Å². The average molecular weight is 302 g/mol. The molecule has 1 aromatic heterocycles. The van der Waals surface area contributed by atoms with Crippen LogP contribution in [0.1, 0.15) is 31.2 Å². The van der Waals surface area contributed by atoms with Crippen molar-refractivity contribution in [3.8, 4) is 0 Å². The number of halogens is 1. The van der Waals surface area contributed by atoms with Gasteiger partial charge in [0.25, 0.3) is 0 Å². The molecule has 0 saturated heterocycles. The third-order valence-electron chi connectivity index (χ3n) is 3.26. The Kier molecular flexibility index (Phi) is 4.22. The van der Waals surface area contributed by atoms with Crippen LogP contribution in [0.4, 0.5) is 0 Å². The fourth-order valence-electron chi connectivity index (χ4n) is 2.17. The first kappa shape index (κ1) is 13.1. The molecule has 0 spiro atoms. The molecule has 1 aliphatic rings. The Morgan fingerprint density at radius 1 is 1.53 bits per heavy atom. The van der Waals surface area contributed by atoms with Crippen molar-refractivity contribution in [3.05, 3.63) is 15.9 Å². The number of nitrogens with zero attached hydrogens (tertiary/aromatic N) is 3. The molecule has 1 N–H and O–H groups in total. The van der Waals surface area contributed by atoms with Crippen LogP contribution in [0, 0.1) is 6.92 Å². The largest absolute Gasteiger partial charge is 0.395 e. The van der Waals surface area contributed by atoms with Gasteiger partial charge < -0.3 is 5.11 Å². The minimum Gasteiger partial charge on any atom is -0.395 e. The van der Waals surface area contributed by atoms with Crippen LogP contribution in [0.5, 0.6) is 0 Å². The van der Waals surface area contributed by atoms with Gasteiger partial charge in [0, 0.05) is 25.7 Å². The highest BCUT2D eigenvalue weighted by atomic mass is 79.9. The molecule has 0 aliphatic heterocycles. The summed E-state index contributed by atoms with van der Waals surface area (Å²) in [6, 6.07) is 0.662. The molecule has 1 heterocycles. The Morgan fingerprint density at radius 3 is 2.76 bits per heavy atom. The summed E-state index contributed by atoms with van der Waals surface area (Å²) < 4.78 is 3.16. The second-order valence-corrected chi connectivity index (χ2v) is 5.38. The number of hydrogen-bond donors (Lipinski definition) is 1. The van der Waals surface area contributed by atoms with Gasteiger partial charge in [-0.25, -0.2) is 0 Å². The van der Waals surface area contributed by atoms with E-state index in [1.807, 2.05) is 11.6 Å². The van der Waals surface area contributed by atoms with E-state index in [4.69, 9.17) is 5.11 Å². The number of rotatable bonds is 6. The second-order valence-electron chi connectivity index (χ2n) is 4.59. The average Bonchev–Trinajstić information content (AvgIpc) is 3.11. The van der Waals surface area contributed by atoms with Crippen LogP contribution in [0.15, 0.2) is 4.47 Å². The molecular formula is C12H20BrN3O. The van der Waals surface area contributed by atoms with Crippen LogP contribution in [0.25, 0.3) is 0 Å². The van der Waals surface area contributed by atoms with Gasteiger partial charge in [0.15, 0.2) is 0 Å². The Hall–Kier alpha value is -0.390. The summed E-state index contributed by atoms with van der Waals surface area (Å²) in [5.74, 6) is 0. The van der Waals surface area contributed by atoms with Gasteiger partial charge in [-0.05, 0) is 42.6 Å². The maximum Gasteiger partial charge on any atom is 0.0739 e. The quantitative estimate of drug-likeness (QED) is 0.873. The first-order valence-electron chi connectivity index (χ1n) is 6.24. The van der Waals surface area contributed by atoms with Gasteiger partial charge >= 0.3 is 0 Å². The summed E-state index contributed by atoms with van der Waals surface area (Å²) in [6.45, 7) is 6.88. The topological polar surface area (TPSA) is 41.3 Å². The van der Waals surface area contributed by atoms with E-state index in [9.17, 15) is 0 Å². The maximum atomic E-state index is 9.12. The summed E-state index contributed by atoms with van der Waals surface area (Å²) in [7, 11) is 0. The molecular weight excluding hydrogens is 282 g/mol. The van der Waals surface area contributed by atoms with E-state index in [1.54, 1.807) is 0 Å². The van der Waals surface area contributed by atoms with Crippen LogP contribution in [-0.4, -0.2) is 39.0 Å². The van der Waals surface area contributed by atoms with Crippen molar-refractivity contribution in [2.45, 2.75) is 45.8 Å². The summed E-state index contributed by atoms with van der Waals surface area (Å²) in [4.78, 5) is 2.35. The van der Waals surface area contributed by atoms with Gasteiger partial charge in [0.2, 0.25) is 0 Å². The van der Waals surface area contributed by atoms with Gasteiger partial charge in [-0.1, -0.05) is 0 Å². The predicted molar refractivity (Wildman–Crippen MR) is 70.9 cm³/mol. The molecule has 0 aromatic carbocycles. The van der Waals surface area contributed by atoms with Crippen molar-refractivity contribution in [3.63, 3.8) is 0 Å². The maximum absolute atomic E-state index is 9.12. The fourth-order valence-corrected chi connectivity index (χ4v) is 2.58. The summed E-state index contributed by atoms with van der Waals surface area (Å²) in [5, 5.41) is 13.6. The van der Waals surface area contributed by atoms with Crippen molar-refractivity contribution >= 4 is 15.9 Å². The van der Waals surface area contributed by atoms with E-state index in [2.05, 4.69) is 32.9 Å². The molecule has 0 unspecified atom stereocenters. The first-order valence-corrected chi connectivity index (χ1v) is 7.03. The Labute approximate surface area is 111 Å². The van der Waals surface area contributed by atoms with Crippen LogP contribution in [-0.2, 0) is 13.1 Å². The van der Waals surface area contributed by atoms with E-state index >= 15 is 0 Å². The molecule has 17 heavy (non-hydrogen) atoms. The van der Waals surface area contributed by atoms with Gasteiger partial charge in [0.1, 0.15) is 0 Å². The van der Waals surface area contributed by atoms with Crippen molar-refractivity contribution in [2.24, 2.45) is 0 Å². The highest BCUT2D eigenvalue weighted by Crippen LogP contribution is 2.30. The fraction of sp³-hybridized carbons (Fsp3) is 0.750. The Morgan fingerprint density at radius 2 is 2.24 bits per heavy atom. The first-order chi connectivity index (χ1) is 8.17. The summed E-state index contributed by atoms with van der Waals surface area (Å²) >= 11 is 3.62. The minimum absolute atomic E-state index is 0.230. The zero-order chi connectivity index (χ0) is 12.4. The third-order valence-corrected chi connectivity index (χ3v) is 4.29. The molecule has 1 aromatic rings. The smallest absolute Gasteiger partial charge is 0.0739 e. The normalized spacial score (nSPS) is 15.8. The van der Waals surface area contributed by atoms with Gasteiger partial charge in [-0.3, -0.25) is 9.58 Å². The van der Waals surface area contributed by atoms with Gasteiger partial charge in [-0.2, -0.15) is 5.10 Å². The van der Waals surface area contributed by atoms with Crippen molar-refractivity contribution in [1.82, 2.24) is 14.7 Å². The molecule has 5 heteroatoms. The molecule has 1 saturated carbocycles. The lowest BCUT2D eigenvalue weighted by atomic mass is 10.3. The van der Waals surface area contributed by atoms with E-state index < -0.39 is 0 Å². The van der Waals surface area contributed by atoms with Crippen LogP contribution in [0.3, 0.4) is 0 Å². The predicted octanol–water partition coefficient (Wildman–Crippen LogP) is 1.93. The van der Waals surface area contributed by atoms with Crippen LogP contribution < -0.4 is 0 Å². The molecule has 96 valence electrons. The number of aryl methyl sites for hydroxylation is 2. The zero-order valence-corrected chi connectivity index (χ0v) is 12.1. The monoisotopic (exact) mass is 301 g/mol. The Bertz CT molecular complexity index is 387. The second kappa shape index (κ2) is 5.50. The summed E-state index contributed by atoms with van der Waals surface area (Å²) in [6.07, 6.45) is 2.52. The van der Waals surface area contributed by atoms with E-state index in [1.165, 1.54) is 18.5 Å². The molecule has 0 bridgehead atoms. The van der Waals surface area contributed by atoms with E-state index in [-0.39, 0.29) is 6.61 Å².